The summed E-state index contributed by atoms with van der Waals surface area (Å²) in [4.78, 5) is 11.8. The van der Waals surface area contributed by atoms with Crippen molar-refractivity contribution in [3.8, 4) is 11.5 Å². The van der Waals surface area contributed by atoms with Gasteiger partial charge in [-0.1, -0.05) is 36.4 Å². The zero-order valence-electron chi connectivity index (χ0n) is 11.4. The van der Waals surface area contributed by atoms with Crippen molar-refractivity contribution in [2.75, 3.05) is 13.7 Å². The van der Waals surface area contributed by atoms with Crippen LogP contribution >= 0.6 is 11.6 Å². The van der Waals surface area contributed by atoms with E-state index in [1.165, 1.54) is 0 Å². The molecule has 1 heterocycles. The van der Waals surface area contributed by atoms with Crippen LogP contribution in [-0.2, 0) is 4.79 Å². The van der Waals surface area contributed by atoms with Gasteiger partial charge in [-0.15, -0.1) is 0 Å². The van der Waals surface area contributed by atoms with E-state index in [9.17, 15) is 4.79 Å². The lowest BCUT2D eigenvalue weighted by Gasteiger charge is -2.23. The van der Waals surface area contributed by atoms with Gasteiger partial charge in [-0.2, -0.15) is 0 Å². The third kappa shape index (κ3) is 2.41. The summed E-state index contributed by atoms with van der Waals surface area (Å²) < 4.78 is 11.0. The van der Waals surface area contributed by atoms with Crippen molar-refractivity contribution in [1.82, 2.24) is 0 Å². The van der Waals surface area contributed by atoms with E-state index >= 15 is 0 Å². The Kier molecular flexibility index (Phi) is 3.67. The zero-order chi connectivity index (χ0) is 14.8. The van der Waals surface area contributed by atoms with Crippen LogP contribution < -0.4 is 9.47 Å². The maximum absolute atomic E-state index is 11.8. The molecule has 106 valence electrons. The van der Waals surface area contributed by atoms with Crippen LogP contribution in [0.4, 0.5) is 0 Å². The van der Waals surface area contributed by atoms with Gasteiger partial charge in [-0.05, 0) is 23.7 Å². The van der Waals surface area contributed by atoms with Gasteiger partial charge in [0, 0.05) is 16.7 Å². The Balaban J connectivity index is 2.30. The smallest absolute Gasteiger partial charge is 0.252 e. The third-order valence-electron chi connectivity index (χ3n) is 3.44. The molecule has 0 aliphatic carbocycles. The van der Waals surface area contributed by atoms with Crippen LogP contribution in [0.25, 0.3) is 5.57 Å². The van der Waals surface area contributed by atoms with Crippen LogP contribution in [0, 0.1) is 0 Å². The van der Waals surface area contributed by atoms with Crippen LogP contribution in [0.2, 0.25) is 0 Å². The Labute approximate surface area is 127 Å². The fourth-order valence-electron chi connectivity index (χ4n) is 2.50. The molecule has 3 rings (SSSR count). The average molecular weight is 301 g/mol. The second-order valence-corrected chi connectivity index (χ2v) is 4.96. The topological polar surface area (TPSA) is 35.5 Å². The lowest BCUT2D eigenvalue weighted by molar-refractivity contribution is -0.108. The molecule has 0 saturated heterocycles. The fourth-order valence-corrected chi connectivity index (χ4v) is 2.65. The Morgan fingerprint density at radius 2 is 1.76 bits per heavy atom. The van der Waals surface area contributed by atoms with Gasteiger partial charge < -0.3 is 9.47 Å². The van der Waals surface area contributed by atoms with E-state index in [0.717, 1.165) is 22.4 Å². The first-order valence-electron chi connectivity index (χ1n) is 6.51. The van der Waals surface area contributed by atoms with Gasteiger partial charge in [0.25, 0.3) is 5.24 Å². The maximum atomic E-state index is 11.8. The van der Waals surface area contributed by atoms with Crippen molar-refractivity contribution in [3.05, 3.63) is 65.2 Å². The predicted octanol–water partition coefficient (Wildman–Crippen LogP) is 3.65. The molecule has 0 unspecified atom stereocenters. The standard InChI is InChI=1S/C17H13ClO3/c1-20-14-8-4-2-6-11(14)16-12-7-3-5-9-15(12)21-10-13(16)17(18)19/h2-9H,10H2,1H3. The normalized spacial score (nSPS) is 13.4. The second kappa shape index (κ2) is 5.62. The highest BCUT2D eigenvalue weighted by Crippen LogP contribution is 2.40. The quantitative estimate of drug-likeness (QED) is 0.812. The molecule has 0 amide bonds. The average Bonchev–Trinajstić information content (AvgIpc) is 2.53. The van der Waals surface area contributed by atoms with E-state index in [4.69, 9.17) is 21.1 Å². The largest absolute Gasteiger partial charge is 0.496 e. The van der Waals surface area contributed by atoms with Gasteiger partial charge >= 0.3 is 0 Å². The summed E-state index contributed by atoms with van der Waals surface area (Å²) in [5, 5.41) is -0.509. The number of fused-ring (bicyclic) bond motifs is 1. The highest BCUT2D eigenvalue weighted by atomic mass is 35.5. The summed E-state index contributed by atoms with van der Waals surface area (Å²) >= 11 is 5.75. The molecule has 0 fully saturated rings. The number of carbonyl (C=O) groups is 1. The molecule has 0 bridgehead atoms. The molecule has 0 saturated carbocycles. The number of hydrogen-bond donors (Lipinski definition) is 0. The van der Waals surface area contributed by atoms with Crippen molar-refractivity contribution in [1.29, 1.82) is 0 Å². The van der Waals surface area contributed by atoms with E-state index in [1.54, 1.807) is 7.11 Å². The van der Waals surface area contributed by atoms with Crippen molar-refractivity contribution < 1.29 is 14.3 Å². The summed E-state index contributed by atoms with van der Waals surface area (Å²) in [6, 6.07) is 15.1. The lowest BCUT2D eigenvalue weighted by Crippen LogP contribution is -2.16. The second-order valence-electron chi connectivity index (χ2n) is 4.61. The van der Waals surface area contributed by atoms with Crippen molar-refractivity contribution in [2.45, 2.75) is 0 Å². The minimum atomic E-state index is -0.509. The first-order valence-corrected chi connectivity index (χ1v) is 6.88. The summed E-state index contributed by atoms with van der Waals surface area (Å²) in [5.74, 6) is 1.43. The lowest BCUT2D eigenvalue weighted by atomic mass is 9.91. The van der Waals surface area contributed by atoms with Crippen LogP contribution in [0.1, 0.15) is 11.1 Å². The summed E-state index contributed by atoms with van der Waals surface area (Å²) in [7, 11) is 1.60. The molecule has 0 spiro atoms. The SMILES string of the molecule is COc1ccccc1C1=C(C(=O)Cl)COc2ccccc21. The number of carbonyl (C=O) groups excluding carboxylic acids is 1. The van der Waals surface area contributed by atoms with Crippen molar-refractivity contribution >= 4 is 22.4 Å². The van der Waals surface area contributed by atoms with Crippen LogP contribution in [0.5, 0.6) is 11.5 Å². The number of ether oxygens (including phenoxy) is 2. The van der Waals surface area contributed by atoms with Gasteiger partial charge in [0.15, 0.2) is 0 Å². The van der Waals surface area contributed by atoms with E-state index in [2.05, 4.69) is 0 Å². The van der Waals surface area contributed by atoms with Gasteiger partial charge in [-0.3, -0.25) is 4.79 Å². The first-order chi connectivity index (χ1) is 10.2. The highest BCUT2D eigenvalue weighted by molar-refractivity contribution is 6.68. The molecule has 0 radical (unpaired) electrons. The Morgan fingerprint density at radius 3 is 2.48 bits per heavy atom. The fraction of sp³-hybridized carbons (Fsp3) is 0.118. The molecule has 1 aliphatic rings. The van der Waals surface area contributed by atoms with Gasteiger partial charge in [0.1, 0.15) is 18.1 Å². The number of methoxy groups -OCH3 is 1. The number of halogens is 1. The Morgan fingerprint density at radius 1 is 1.10 bits per heavy atom. The minimum Gasteiger partial charge on any atom is -0.496 e. The van der Waals surface area contributed by atoms with Crippen LogP contribution in [-0.4, -0.2) is 19.0 Å². The zero-order valence-corrected chi connectivity index (χ0v) is 12.2. The minimum absolute atomic E-state index is 0.159. The van der Waals surface area contributed by atoms with E-state index < -0.39 is 5.24 Å². The highest BCUT2D eigenvalue weighted by Gasteiger charge is 2.26. The van der Waals surface area contributed by atoms with E-state index in [0.29, 0.717) is 11.3 Å². The molecule has 4 heteroatoms. The number of benzene rings is 2. The van der Waals surface area contributed by atoms with Crippen LogP contribution in [0.15, 0.2) is 54.1 Å². The first kappa shape index (κ1) is 13.7. The molecule has 1 aliphatic heterocycles. The number of hydrogen-bond acceptors (Lipinski definition) is 3. The summed E-state index contributed by atoms with van der Waals surface area (Å²) in [6.07, 6.45) is 0. The molecule has 3 nitrogen and oxygen atoms in total. The maximum Gasteiger partial charge on any atom is 0.252 e. The number of para-hydroxylation sites is 2. The molecule has 2 aromatic carbocycles. The van der Waals surface area contributed by atoms with Crippen molar-refractivity contribution in [3.63, 3.8) is 0 Å². The van der Waals surface area contributed by atoms with Gasteiger partial charge in [0.2, 0.25) is 0 Å². The number of rotatable bonds is 3. The monoisotopic (exact) mass is 300 g/mol. The van der Waals surface area contributed by atoms with E-state index in [-0.39, 0.29) is 6.61 Å². The molecule has 0 atom stereocenters. The molecular weight excluding hydrogens is 288 g/mol. The predicted molar refractivity (Wildman–Crippen MR) is 81.8 cm³/mol. The Bertz CT molecular complexity index is 734. The molecule has 0 aromatic heterocycles. The van der Waals surface area contributed by atoms with E-state index in [1.807, 2.05) is 48.5 Å². The molecule has 21 heavy (non-hydrogen) atoms. The van der Waals surface area contributed by atoms with Gasteiger partial charge in [0.05, 0.1) is 12.7 Å². The Hall–Kier alpha value is -2.26. The molecule has 0 N–H and O–H groups in total. The molecule has 2 aromatic rings. The molecular formula is C17H13ClO3. The van der Waals surface area contributed by atoms with Gasteiger partial charge in [-0.25, -0.2) is 0 Å². The summed E-state index contributed by atoms with van der Waals surface area (Å²) in [6.45, 7) is 0.159. The van der Waals surface area contributed by atoms with Crippen LogP contribution in [0.3, 0.4) is 0 Å². The van der Waals surface area contributed by atoms with Crippen molar-refractivity contribution in [2.24, 2.45) is 0 Å². The summed E-state index contributed by atoms with van der Waals surface area (Å²) in [5.41, 5.74) is 2.89. The third-order valence-corrected chi connectivity index (χ3v) is 3.67.